The first-order chi connectivity index (χ1) is 14.4. The third-order valence-corrected chi connectivity index (χ3v) is 6.72. The van der Waals surface area contributed by atoms with Gasteiger partial charge in [0.2, 0.25) is 6.71 Å². The van der Waals surface area contributed by atoms with Gasteiger partial charge in [0.25, 0.3) is 0 Å². The van der Waals surface area contributed by atoms with E-state index in [1.54, 1.807) is 0 Å². The number of fused-ring (bicyclic) bond motifs is 8. The second-order valence-electron chi connectivity index (χ2n) is 8.02. The number of hydrogen-bond acceptors (Lipinski definition) is 0. The Balaban J connectivity index is 1.80. The van der Waals surface area contributed by atoms with Crippen LogP contribution in [0.3, 0.4) is 0 Å². The van der Waals surface area contributed by atoms with E-state index in [0.717, 1.165) is 12.1 Å². The first-order valence-electron chi connectivity index (χ1n) is 10.0. The summed E-state index contributed by atoms with van der Waals surface area (Å²) in [5.74, 6) is 0. The van der Waals surface area contributed by atoms with Gasteiger partial charge in [-0.05, 0) is 46.6 Å². The van der Waals surface area contributed by atoms with Crippen molar-refractivity contribution in [2.75, 3.05) is 0 Å². The summed E-state index contributed by atoms with van der Waals surface area (Å²) in [6, 6.07) is 28.3. The number of hydrogen-bond donors (Lipinski definition) is 0. The van der Waals surface area contributed by atoms with Crippen molar-refractivity contribution in [1.29, 1.82) is 0 Å². The standard InChI is InChI=1S/C26H15BN2/c1-28-22-15-18-17-9-3-6-12-23(17)29-24-13-7-5-11-21(24)27-20-10-4-2-8-16(20)14-19(22)25(27)26(18)29/h2-13,15H,14H2. The molecule has 0 amide bonds. The van der Waals surface area contributed by atoms with Crippen LogP contribution < -0.4 is 16.4 Å². The lowest BCUT2D eigenvalue weighted by Crippen LogP contribution is -2.60. The fraction of sp³-hybridized carbons (Fsp3) is 0.0385. The Morgan fingerprint density at radius 3 is 2.48 bits per heavy atom. The molecule has 0 saturated heterocycles. The maximum atomic E-state index is 7.90. The van der Waals surface area contributed by atoms with E-state index in [1.165, 1.54) is 55.0 Å². The zero-order chi connectivity index (χ0) is 19.1. The maximum Gasteiger partial charge on any atom is 0.245 e. The van der Waals surface area contributed by atoms with Gasteiger partial charge in [0.05, 0.1) is 12.1 Å². The molecule has 0 saturated carbocycles. The number of benzene rings is 4. The van der Waals surface area contributed by atoms with E-state index in [0.29, 0.717) is 0 Å². The van der Waals surface area contributed by atoms with Gasteiger partial charge in [0, 0.05) is 16.6 Å². The minimum absolute atomic E-state index is 0.187. The van der Waals surface area contributed by atoms with E-state index in [-0.39, 0.29) is 6.71 Å². The van der Waals surface area contributed by atoms with Crippen LogP contribution in [-0.2, 0) is 6.42 Å². The molecule has 29 heavy (non-hydrogen) atoms. The summed E-state index contributed by atoms with van der Waals surface area (Å²) in [5.41, 5.74) is 11.2. The number of para-hydroxylation sites is 2. The summed E-state index contributed by atoms with van der Waals surface area (Å²) in [7, 11) is 0. The van der Waals surface area contributed by atoms with Crippen molar-refractivity contribution in [3.63, 3.8) is 0 Å². The van der Waals surface area contributed by atoms with E-state index in [4.69, 9.17) is 6.57 Å². The van der Waals surface area contributed by atoms with Crippen molar-refractivity contribution in [3.8, 4) is 5.69 Å². The first-order valence-corrected chi connectivity index (χ1v) is 10.0. The molecule has 1 aromatic heterocycles. The topological polar surface area (TPSA) is 9.29 Å². The Morgan fingerprint density at radius 2 is 1.59 bits per heavy atom. The van der Waals surface area contributed by atoms with Gasteiger partial charge in [-0.15, -0.1) is 0 Å². The second kappa shape index (κ2) is 5.18. The van der Waals surface area contributed by atoms with Gasteiger partial charge >= 0.3 is 0 Å². The predicted molar refractivity (Wildman–Crippen MR) is 121 cm³/mol. The zero-order valence-corrected chi connectivity index (χ0v) is 15.7. The highest BCUT2D eigenvalue weighted by Gasteiger charge is 2.39. The number of rotatable bonds is 0. The molecule has 7 rings (SSSR count). The molecule has 3 heteroatoms. The fourth-order valence-electron chi connectivity index (χ4n) is 5.61. The summed E-state index contributed by atoms with van der Waals surface area (Å²) in [5, 5.41) is 2.42. The van der Waals surface area contributed by atoms with E-state index in [1.807, 2.05) is 0 Å². The molecule has 2 aliphatic heterocycles. The molecule has 0 atom stereocenters. The Labute approximate surface area is 168 Å². The van der Waals surface area contributed by atoms with Crippen LogP contribution in [0.2, 0.25) is 0 Å². The average Bonchev–Trinajstić information content (AvgIpc) is 3.12. The average molecular weight is 366 g/mol. The first kappa shape index (κ1) is 15.2. The van der Waals surface area contributed by atoms with Gasteiger partial charge in [-0.2, -0.15) is 0 Å². The molecule has 2 aliphatic rings. The molecule has 0 radical (unpaired) electrons. The summed E-state index contributed by atoms with van der Waals surface area (Å²) < 4.78 is 2.43. The molecule has 5 aromatic rings. The van der Waals surface area contributed by atoms with Gasteiger partial charge in [0.1, 0.15) is 0 Å². The van der Waals surface area contributed by atoms with Crippen LogP contribution >= 0.6 is 0 Å². The lowest BCUT2D eigenvalue weighted by molar-refractivity contribution is 1.16. The van der Waals surface area contributed by atoms with Crippen LogP contribution in [0.15, 0.2) is 78.9 Å². The Kier molecular flexibility index (Phi) is 2.72. The maximum absolute atomic E-state index is 7.90. The van der Waals surface area contributed by atoms with Crippen molar-refractivity contribution in [3.05, 3.63) is 101 Å². The van der Waals surface area contributed by atoms with Crippen LogP contribution in [0, 0.1) is 6.57 Å². The highest BCUT2D eigenvalue weighted by molar-refractivity contribution is 6.99. The fourth-order valence-corrected chi connectivity index (χ4v) is 5.61. The third kappa shape index (κ3) is 1.73. The molecular weight excluding hydrogens is 351 g/mol. The molecule has 0 unspecified atom stereocenters. The Morgan fingerprint density at radius 1 is 0.828 bits per heavy atom. The lowest BCUT2D eigenvalue weighted by Gasteiger charge is -2.33. The molecular formula is C26H15BN2. The van der Waals surface area contributed by atoms with Crippen LogP contribution in [0.4, 0.5) is 5.69 Å². The molecule has 0 aliphatic carbocycles. The zero-order valence-electron chi connectivity index (χ0n) is 15.7. The van der Waals surface area contributed by atoms with Crippen molar-refractivity contribution in [2.45, 2.75) is 6.42 Å². The smallest absolute Gasteiger partial charge is 0.245 e. The van der Waals surface area contributed by atoms with Crippen LogP contribution in [0.1, 0.15) is 11.1 Å². The monoisotopic (exact) mass is 366 g/mol. The number of aromatic nitrogens is 1. The predicted octanol–water partition coefficient (Wildman–Crippen LogP) is 4.07. The highest BCUT2D eigenvalue weighted by atomic mass is 15.0. The SMILES string of the molecule is [C-]#[N+]c1cc2c3ccccc3n3c2c2c1Cc1ccccc1B2c1ccccc1-3. The van der Waals surface area contributed by atoms with Crippen molar-refractivity contribution in [2.24, 2.45) is 0 Å². The minimum atomic E-state index is 0.187. The van der Waals surface area contributed by atoms with E-state index in [2.05, 4.69) is 88.3 Å². The quantitative estimate of drug-likeness (QED) is 0.283. The summed E-state index contributed by atoms with van der Waals surface area (Å²) >= 11 is 0. The molecule has 0 spiro atoms. The van der Waals surface area contributed by atoms with Crippen molar-refractivity contribution >= 4 is 50.6 Å². The van der Waals surface area contributed by atoms with Gasteiger partial charge in [-0.3, -0.25) is 0 Å². The molecule has 132 valence electrons. The van der Waals surface area contributed by atoms with E-state index in [9.17, 15) is 0 Å². The third-order valence-electron chi connectivity index (χ3n) is 6.72. The molecule has 2 nitrogen and oxygen atoms in total. The van der Waals surface area contributed by atoms with E-state index >= 15 is 0 Å². The van der Waals surface area contributed by atoms with Crippen LogP contribution in [-0.4, -0.2) is 11.3 Å². The molecule has 0 N–H and O–H groups in total. The van der Waals surface area contributed by atoms with Gasteiger partial charge < -0.3 is 4.57 Å². The molecule has 0 bridgehead atoms. The van der Waals surface area contributed by atoms with Crippen LogP contribution in [0.5, 0.6) is 0 Å². The molecule has 0 fully saturated rings. The van der Waals surface area contributed by atoms with E-state index < -0.39 is 0 Å². The van der Waals surface area contributed by atoms with Crippen molar-refractivity contribution in [1.82, 2.24) is 4.57 Å². The molecule has 4 aromatic carbocycles. The number of nitrogens with zero attached hydrogens (tertiary/aromatic N) is 2. The minimum Gasteiger partial charge on any atom is -0.310 e. The van der Waals surface area contributed by atoms with Gasteiger partial charge in [-0.25, -0.2) is 4.85 Å². The largest absolute Gasteiger partial charge is 0.310 e. The second-order valence-corrected chi connectivity index (χ2v) is 8.02. The molecule has 3 heterocycles. The summed E-state index contributed by atoms with van der Waals surface area (Å²) in [6.07, 6.45) is 0.833. The van der Waals surface area contributed by atoms with Crippen LogP contribution in [0.25, 0.3) is 32.3 Å². The summed E-state index contributed by atoms with van der Waals surface area (Å²) in [4.78, 5) is 3.98. The van der Waals surface area contributed by atoms with Gasteiger partial charge in [0.15, 0.2) is 5.69 Å². The highest BCUT2D eigenvalue weighted by Crippen LogP contribution is 2.38. The van der Waals surface area contributed by atoms with Gasteiger partial charge in [-0.1, -0.05) is 71.6 Å². The normalized spacial score (nSPS) is 13.3. The Hall–Kier alpha value is -3.77. The Bertz CT molecular complexity index is 1550. The summed E-state index contributed by atoms with van der Waals surface area (Å²) in [6.45, 7) is 8.09. The van der Waals surface area contributed by atoms with Crippen molar-refractivity contribution < 1.29 is 0 Å². The lowest BCUT2D eigenvalue weighted by atomic mass is 9.32.